The molecule has 17 rings (SSSR count). The Morgan fingerprint density at radius 1 is 0.211 bits per heavy atom. The molecule has 0 saturated heterocycles. The van der Waals surface area contributed by atoms with E-state index in [4.69, 9.17) is 0 Å². The quantitative estimate of drug-likeness (QED) is 0.156. The molecule has 0 amide bonds. The highest BCUT2D eigenvalue weighted by Crippen LogP contribution is 2.51. The van der Waals surface area contributed by atoms with Gasteiger partial charge in [0.25, 0.3) is 0 Å². The third kappa shape index (κ3) is 4.73. The molecule has 0 unspecified atom stereocenters. The van der Waals surface area contributed by atoms with Gasteiger partial charge in [-0.15, -0.1) is 0 Å². The summed E-state index contributed by atoms with van der Waals surface area (Å²) in [5, 5.41) is 17.7. The molecule has 0 bridgehead atoms. The Bertz CT molecular complexity index is 4860. The summed E-state index contributed by atoms with van der Waals surface area (Å²) in [5.41, 5.74) is 18.5. The van der Waals surface area contributed by atoms with E-state index >= 15 is 0 Å². The van der Waals surface area contributed by atoms with Crippen molar-refractivity contribution in [2.75, 3.05) is 0 Å². The van der Waals surface area contributed by atoms with Gasteiger partial charge in [-0.25, -0.2) is 0 Å². The van der Waals surface area contributed by atoms with E-state index in [1.165, 1.54) is 153 Å². The Kier molecular flexibility index (Phi) is 7.20. The van der Waals surface area contributed by atoms with Gasteiger partial charge in [0.2, 0.25) is 0 Å². The zero-order valence-electron chi connectivity index (χ0n) is 38.4. The fourth-order valence-electron chi connectivity index (χ4n) is 13.4. The summed E-state index contributed by atoms with van der Waals surface area (Å²) in [5.74, 6) is 0. The summed E-state index contributed by atoms with van der Waals surface area (Å²) in [4.78, 5) is 0. The van der Waals surface area contributed by atoms with Crippen molar-refractivity contribution in [3.05, 3.63) is 237 Å². The highest BCUT2D eigenvalue weighted by atomic mass is 15.0. The van der Waals surface area contributed by atoms with E-state index < -0.39 is 0 Å². The summed E-state index contributed by atoms with van der Waals surface area (Å²) >= 11 is 0. The van der Waals surface area contributed by atoms with Crippen LogP contribution in [-0.4, -0.2) is 13.4 Å². The minimum atomic E-state index is 1.15. The van der Waals surface area contributed by atoms with Gasteiger partial charge >= 0.3 is 0 Å². The van der Waals surface area contributed by atoms with E-state index in [1.807, 2.05) is 0 Å². The van der Waals surface area contributed by atoms with Gasteiger partial charge in [0, 0.05) is 65.1 Å². The maximum absolute atomic E-state index is 2.53. The van der Waals surface area contributed by atoms with Gasteiger partial charge in [-0.3, -0.25) is 0 Å². The Hall–Kier alpha value is -9.44. The lowest BCUT2D eigenvalue weighted by Gasteiger charge is -2.20. The minimum absolute atomic E-state index is 1.15. The monoisotopic (exact) mass is 897 g/mol. The lowest BCUT2D eigenvalue weighted by molar-refractivity contribution is 1.18. The third-order valence-corrected chi connectivity index (χ3v) is 16.1. The second-order valence-electron chi connectivity index (χ2n) is 19.5. The molecule has 0 N–H and O–H groups in total. The zero-order chi connectivity index (χ0) is 46.1. The third-order valence-electron chi connectivity index (χ3n) is 16.1. The fraction of sp³-hybridized carbons (Fsp3) is 0. The molecule has 3 heteroatoms. The SMILES string of the molecule is c1ccc(-n2c3ccccc3c3cccc(-c4c5cccc(-c6ccc7c8ccccc8n8c9ccccc9c6c78)c5cc5c(-c6ccc7c8ccccc8n8c9ccccc9c6c78)cccc45)c32)cc1. The molecule has 0 fully saturated rings. The van der Waals surface area contributed by atoms with Gasteiger partial charge in [-0.05, 0) is 97.9 Å². The number of fused-ring (bicyclic) bond motifs is 17. The van der Waals surface area contributed by atoms with Gasteiger partial charge < -0.3 is 13.4 Å². The largest absolute Gasteiger partial charge is 0.309 e. The van der Waals surface area contributed by atoms with Crippen molar-refractivity contribution >= 4 is 120 Å². The average Bonchev–Trinajstić information content (AvgIpc) is 4.24. The number of nitrogens with zero attached hydrogens (tertiary/aromatic N) is 3. The molecule has 5 heterocycles. The first kappa shape index (κ1) is 37.5. The van der Waals surface area contributed by atoms with Crippen molar-refractivity contribution in [1.29, 1.82) is 0 Å². The van der Waals surface area contributed by atoms with E-state index in [9.17, 15) is 0 Å². The molecule has 0 aliphatic carbocycles. The molecule has 0 radical (unpaired) electrons. The molecule has 0 aliphatic rings. The molecule has 71 heavy (non-hydrogen) atoms. The van der Waals surface area contributed by atoms with E-state index in [0.29, 0.717) is 0 Å². The van der Waals surface area contributed by atoms with Crippen molar-refractivity contribution in [2.45, 2.75) is 0 Å². The second kappa shape index (κ2) is 13.6. The van der Waals surface area contributed by atoms with Crippen molar-refractivity contribution < 1.29 is 0 Å². The van der Waals surface area contributed by atoms with Crippen LogP contribution in [0, 0.1) is 0 Å². The number of hydrogen-bond acceptors (Lipinski definition) is 0. The number of aromatic nitrogens is 3. The van der Waals surface area contributed by atoms with Crippen molar-refractivity contribution in [3.63, 3.8) is 0 Å². The highest BCUT2D eigenvalue weighted by Gasteiger charge is 2.26. The molecular weight excluding hydrogens is 859 g/mol. The van der Waals surface area contributed by atoms with Crippen LogP contribution in [0.15, 0.2) is 237 Å². The summed E-state index contributed by atoms with van der Waals surface area (Å²) in [7, 11) is 0. The first-order chi connectivity index (χ1) is 35.3. The van der Waals surface area contributed by atoms with Gasteiger partial charge in [-0.1, -0.05) is 188 Å². The number of rotatable bonds is 4. The lowest BCUT2D eigenvalue weighted by Crippen LogP contribution is -1.96. The standard InChI is InChI=1S/C68H39N3/c1-2-17-40(18-3-1)69-58-30-9-4-19-43(58)50-28-16-29-55(66(50)69)63-46-26-14-24-41(48-35-37-51-44-20-5-10-31-59(44)70-61-33-12-7-22-53(61)64(48)67(51)70)56(46)39-57-42(25-15-27-47(57)63)49-36-38-52-45-21-6-11-32-60(45)71-62-34-13-8-23-54(62)65(49)68(52)71/h1-39H. The summed E-state index contributed by atoms with van der Waals surface area (Å²) in [6.45, 7) is 0. The first-order valence-electron chi connectivity index (χ1n) is 24.7. The van der Waals surface area contributed by atoms with Gasteiger partial charge in [0.15, 0.2) is 0 Å². The van der Waals surface area contributed by atoms with Crippen LogP contribution < -0.4 is 0 Å². The Morgan fingerprint density at radius 3 is 1.11 bits per heavy atom. The van der Waals surface area contributed by atoms with Crippen LogP contribution >= 0.6 is 0 Å². The Morgan fingerprint density at radius 2 is 0.592 bits per heavy atom. The van der Waals surface area contributed by atoms with E-state index in [1.54, 1.807) is 0 Å². The number of benzene rings is 12. The molecule has 17 aromatic rings. The van der Waals surface area contributed by atoms with Crippen LogP contribution in [0.3, 0.4) is 0 Å². The van der Waals surface area contributed by atoms with E-state index in [0.717, 1.165) is 5.69 Å². The highest BCUT2D eigenvalue weighted by molar-refractivity contribution is 6.32. The smallest absolute Gasteiger partial charge is 0.0626 e. The van der Waals surface area contributed by atoms with E-state index in [2.05, 4.69) is 250 Å². The molecule has 3 nitrogen and oxygen atoms in total. The molecule has 0 aliphatic heterocycles. The lowest BCUT2D eigenvalue weighted by atomic mass is 9.84. The van der Waals surface area contributed by atoms with Crippen LogP contribution in [0.5, 0.6) is 0 Å². The second-order valence-corrected chi connectivity index (χ2v) is 19.5. The van der Waals surface area contributed by atoms with Gasteiger partial charge in [0.1, 0.15) is 0 Å². The van der Waals surface area contributed by atoms with Crippen molar-refractivity contribution in [3.8, 4) is 39.1 Å². The van der Waals surface area contributed by atoms with Crippen molar-refractivity contribution in [1.82, 2.24) is 13.4 Å². The van der Waals surface area contributed by atoms with Crippen LogP contribution in [0.25, 0.3) is 159 Å². The van der Waals surface area contributed by atoms with Gasteiger partial charge in [0.05, 0.1) is 44.1 Å². The summed E-state index contributed by atoms with van der Waals surface area (Å²) in [6, 6.07) is 88.6. The van der Waals surface area contributed by atoms with E-state index in [-0.39, 0.29) is 0 Å². The molecule has 12 aromatic carbocycles. The zero-order valence-corrected chi connectivity index (χ0v) is 38.4. The van der Waals surface area contributed by atoms with Gasteiger partial charge in [-0.2, -0.15) is 0 Å². The molecular formula is C68H39N3. The molecule has 326 valence electrons. The topological polar surface area (TPSA) is 13.8 Å². The summed E-state index contributed by atoms with van der Waals surface area (Å²) in [6.07, 6.45) is 0. The van der Waals surface area contributed by atoms with Crippen LogP contribution in [0.4, 0.5) is 0 Å². The Labute approximate surface area is 406 Å². The number of para-hydroxylation sites is 7. The summed E-state index contributed by atoms with van der Waals surface area (Å²) < 4.78 is 7.50. The molecule has 0 spiro atoms. The van der Waals surface area contributed by atoms with Crippen LogP contribution in [-0.2, 0) is 0 Å². The normalized spacial score (nSPS) is 12.5. The van der Waals surface area contributed by atoms with Crippen LogP contribution in [0.1, 0.15) is 0 Å². The Balaban J connectivity index is 1.06. The maximum atomic E-state index is 2.53. The van der Waals surface area contributed by atoms with Crippen molar-refractivity contribution in [2.24, 2.45) is 0 Å². The first-order valence-corrected chi connectivity index (χ1v) is 24.7. The minimum Gasteiger partial charge on any atom is -0.309 e. The molecule has 5 aromatic heterocycles. The maximum Gasteiger partial charge on any atom is 0.0626 e. The molecule has 0 saturated carbocycles. The predicted octanol–water partition coefficient (Wildman–Crippen LogP) is 18.4. The predicted molar refractivity (Wildman–Crippen MR) is 301 cm³/mol. The fourth-order valence-corrected chi connectivity index (χ4v) is 13.4. The average molecular weight is 898 g/mol. The molecule has 0 atom stereocenters. The van der Waals surface area contributed by atoms with Crippen LogP contribution in [0.2, 0.25) is 0 Å². The number of hydrogen-bond donors (Lipinski definition) is 0.